The van der Waals surface area contributed by atoms with Crippen LogP contribution >= 0.6 is 50.6 Å². The number of amides is 3. The minimum atomic E-state index is -0.807. The van der Waals surface area contributed by atoms with Gasteiger partial charge in [0, 0.05) is 26.0 Å². The first-order valence-electron chi connectivity index (χ1n) is 13.5. The van der Waals surface area contributed by atoms with Crippen LogP contribution in [-0.2, 0) is 25.7 Å². The zero-order valence-electron chi connectivity index (χ0n) is 23.0. The van der Waals surface area contributed by atoms with E-state index in [0.717, 1.165) is 33.1 Å². The van der Waals surface area contributed by atoms with Gasteiger partial charge in [0.15, 0.2) is 0 Å². The Labute approximate surface area is 273 Å². The molecule has 3 atom stereocenters. The fraction of sp³-hybridized carbons (Fsp3) is 0.194. The third-order valence-corrected chi connectivity index (χ3v) is 10.7. The molecule has 3 aromatic carbocycles. The lowest BCUT2D eigenvalue weighted by atomic mass is 9.83. The van der Waals surface area contributed by atoms with Crippen molar-refractivity contribution in [2.75, 3.05) is 16.8 Å². The third kappa shape index (κ3) is 5.63. The predicted octanol–water partition coefficient (Wildman–Crippen LogP) is 5.94. The molecule has 0 bridgehead atoms. The van der Waals surface area contributed by atoms with E-state index in [4.69, 9.17) is 16.3 Å². The number of esters is 1. The van der Waals surface area contributed by atoms with E-state index < -0.39 is 29.0 Å². The summed E-state index contributed by atoms with van der Waals surface area (Å²) < 4.78 is 7.15. The molecule has 44 heavy (non-hydrogen) atoms. The van der Waals surface area contributed by atoms with Crippen LogP contribution in [0.5, 0.6) is 0 Å². The normalized spacial score (nSPS) is 19.0. The highest BCUT2D eigenvalue weighted by molar-refractivity contribution is 9.10. The van der Waals surface area contributed by atoms with Gasteiger partial charge in [-0.15, -0.1) is 0 Å². The minimum Gasteiger partial charge on any atom is -0.462 e. The van der Waals surface area contributed by atoms with Crippen molar-refractivity contribution in [2.24, 2.45) is 5.92 Å². The highest BCUT2D eigenvalue weighted by Crippen LogP contribution is 2.54. The van der Waals surface area contributed by atoms with E-state index in [9.17, 15) is 24.0 Å². The van der Waals surface area contributed by atoms with Gasteiger partial charge in [0.25, 0.3) is 0 Å². The maximum Gasteiger partial charge on any atom is 0.338 e. The number of anilines is 2. The van der Waals surface area contributed by atoms with E-state index >= 15 is 0 Å². The van der Waals surface area contributed by atoms with Gasteiger partial charge in [0.1, 0.15) is 11.8 Å². The maximum absolute atomic E-state index is 14.0. The summed E-state index contributed by atoms with van der Waals surface area (Å²) in [5.74, 6) is -3.02. The van der Waals surface area contributed by atoms with Gasteiger partial charge >= 0.3 is 10.8 Å². The van der Waals surface area contributed by atoms with Crippen LogP contribution < -0.4 is 15.1 Å². The van der Waals surface area contributed by atoms with Crippen molar-refractivity contribution in [1.29, 1.82) is 0 Å². The lowest BCUT2D eigenvalue weighted by Crippen LogP contribution is -2.33. The number of rotatable bonds is 7. The van der Waals surface area contributed by atoms with Crippen molar-refractivity contribution in [2.45, 2.75) is 29.7 Å². The molecule has 1 aromatic heterocycles. The fourth-order valence-corrected chi connectivity index (χ4v) is 8.54. The van der Waals surface area contributed by atoms with E-state index in [0.29, 0.717) is 31.9 Å². The van der Waals surface area contributed by atoms with Gasteiger partial charge in [-0.1, -0.05) is 62.8 Å². The van der Waals surface area contributed by atoms with Crippen LogP contribution in [-0.4, -0.2) is 40.1 Å². The summed E-state index contributed by atoms with van der Waals surface area (Å²) in [5.41, 5.74) is 1.99. The first-order valence-corrected chi connectivity index (χ1v) is 16.4. The Hall–Kier alpha value is -3.71. The Kier molecular flexibility index (Phi) is 8.51. The molecule has 0 saturated carbocycles. The number of imide groups is 1. The van der Waals surface area contributed by atoms with Gasteiger partial charge in [0.05, 0.1) is 28.8 Å². The molecule has 1 N–H and O–H groups in total. The second kappa shape index (κ2) is 12.4. The number of halogens is 2. The number of thiazole rings is 1. The molecule has 2 aliphatic heterocycles. The van der Waals surface area contributed by atoms with Gasteiger partial charge in [-0.05, 0) is 73.2 Å². The highest BCUT2D eigenvalue weighted by Gasteiger charge is 2.56. The summed E-state index contributed by atoms with van der Waals surface area (Å²) in [4.78, 5) is 67.6. The Balaban J connectivity index is 1.33. The minimum absolute atomic E-state index is 0.248. The number of ether oxygens (including phenoxy) is 1. The van der Waals surface area contributed by atoms with Crippen LogP contribution in [0.15, 0.2) is 87.1 Å². The second-order valence-corrected chi connectivity index (χ2v) is 13.5. The summed E-state index contributed by atoms with van der Waals surface area (Å²) >= 11 is 11.7. The Morgan fingerprint density at radius 3 is 2.30 bits per heavy atom. The van der Waals surface area contributed by atoms with Gasteiger partial charge < -0.3 is 10.1 Å². The highest BCUT2D eigenvalue weighted by atomic mass is 79.9. The number of aromatic nitrogens is 1. The monoisotopic (exact) mass is 711 g/mol. The smallest absolute Gasteiger partial charge is 0.338 e. The lowest BCUT2D eigenvalue weighted by molar-refractivity contribution is -0.122. The number of nitrogens with zero attached hydrogens (tertiary/aromatic N) is 2. The van der Waals surface area contributed by atoms with E-state index in [2.05, 4.69) is 21.2 Å². The van der Waals surface area contributed by atoms with Crippen LogP contribution in [0.1, 0.15) is 33.6 Å². The molecule has 2 aliphatic rings. The van der Waals surface area contributed by atoms with Gasteiger partial charge in [-0.3, -0.25) is 23.7 Å². The number of benzene rings is 3. The quantitative estimate of drug-likeness (QED) is 0.187. The molecular formula is C31H23BrClN3O6S2. The average Bonchev–Trinajstić information content (AvgIpc) is 3.45. The van der Waals surface area contributed by atoms with Crippen LogP contribution in [0.4, 0.5) is 11.4 Å². The summed E-state index contributed by atoms with van der Waals surface area (Å²) in [6, 6.07) is 20.2. The number of carbonyl (C=O) groups excluding carboxylic acids is 4. The Bertz CT molecular complexity index is 1840. The SMILES string of the molecule is CCOC(=O)c1ccc(NC(=O)Cn2c3c(sc2=O)[C@@H](c2ccc(Cl)cc2)[C@H]2C(=O)N(c4ccc(Br)cc4)C(=O)[C@H]2S3)cc1. The summed E-state index contributed by atoms with van der Waals surface area (Å²) in [7, 11) is 0. The Morgan fingerprint density at radius 2 is 1.64 bits per heavy atom. The van der Waals surface area contributed by atoms with Crippen LogP contribution in [0.3, 0.4) is 0 Å². The zero-order valence-corrected chi connectivity index (χ0v) is 27.0. The van der Waals surface area contributed by atoms with Crippen molar-refractivity contribution < 1.29 is 23.9 Å². The molecule has 0 radical (unpaired) electrons. The number of hydrogen-bond acceptors (Lipinski definition) is 8. The number of hydrogen-bond donors (Lipinski definition) is 1. The van der Waals surface area contributed by atoms with Crippen LogP contribution in [0.2, 0.25) is 5.02 Å². The molecule has 224 valence electrons. The van der Waals surface area contributed by atoms with Crippen molar-refractivity contribution >= 4 is 85.7 Å². The van der Waals surface area contributed by atoms with Crippen molar-refractivity contribution in [3.05, 3.63) is 108 Å². The summed E-state index contributed by atoms with van der Waals surface area (Å²) in [6.07, 6.45) is 0. The number of carbonyl (C=O) groups is 4. The number of nitrogens with one attached hydrogen (secondary N) is 1. The topological polar surface area (TPSA) is 115 Å². The van der Waals surface area contributed by atoms with E-state index in [1.54, 1.807) is 79.7 Å². The molecule has 1 fully saturated rings. The van der Waals surface area contributed by atoms with Gasteiger partial charge in [-0.25, -0.2) is 9.69 Å². The molecule has 9 nitrogen and oxygen atoms in total. The molecule has 1 saturated heterocycles. The molecule has 3 heterocycles. The molecule has 6 rings (SSSR count). The number of thioether (sulfide) groups is 1. The average molecular weight is 713 g/mol. The van der Waals surface area contributed by atoms with Crippen molar-refractivity contribution in [3.63, 3.8) is 0 Å². The van der Waals surface area contributed by atoms with Gasteiger partial charge in [0.2, 0.25) is 17.7 Å². The molecule has 0 unspecified atom stereocenters. The summed E-state index contributed by atoms with van der Waals surface area (Å²) in [5, 5.41) is 2.94. The molecule has 0 spiro atoms. The van der Waals surface area contributed by atoms with Crippen LogP contribution in [0, 0.1) is 5.92 Å². The molecule has 13 heteroatoms. The molecule has 0 aliphatic carbocycles. The van der Waals surface area contributed by atoms with Gasteiger partial charge in [-0.2, -0.15) is 0 Å². The largest absolute Gasteiger partial charge is 0.462 e. The van der Waals surface area contributed by atoms with E-state index in [-0.39, 0.29) is 29.8 Å². The Morgan fingerprint density at radius 1 is 0.955 bits per heavy atom. The van der Waals surface area contributed by atoms with Crippen LogP contribution in [0.25, 0.3) is 0 Å². The van der Waals surface area contributed by atoms with Crippen molar-refractivity contribution in [1.82, 2.24) is 4.57 Å². The molecule has 3 amide bonds. The van der Waals surface area contributed by atoms with E-state index in [1.807, 2.05) is 0 Å². The van der Waals surface area contributed by atoms with Crippen molar-refractivity contribution in [3.8, 4) is 0 Å². The maximum atomic E-state index is 14.0. The van der Waals surface area contributed by atoms with E-state index in [1.165, 1.54) is 9.47 Å². The first-order chi connectivity index (χ1) is 21.2. The zero-order chi connectivity index (χ0) is 31.1. The predicted molar refractivity (Wildman–Crippen MR) is 173 cm³/mol. The standard InChI is InChI=1S/C31H23BrClN3O6S2/c1-2-42-30(40)17-5-11-20(12-6-17)34-22(37)15-35-29-26(44-31(35)41)23(16-3-9-19(33)10-4-16)24-25(43-29)28(39)36(27(24)38)21-13-7-18(32)8-14-21/h3-14,23-25H,2,15H2,1H3,(H,34,37)/t23-,24+,25-/m0/s1. The molecular weight excluding hydrogens is 690 g/mol. The second-order valence-electron chi connectivity index (χ2n) is 10.1. The fourth-order valence-electron chi connectivity index (χ4n) is 5.38. The lowest BCUT2D eigenvalue weighted by Gasteiger charge is -2.30. The summed E-state index contributed by atoms with van der Waals surface area (Å²) in [6.45, 7) is 1.66. The third-order valence-electron chi connectivity index (χ3n) is 7.34. The molecule has 4 aromatic rings. The number of fused-ring (bicyclic) bond motifs is 2. The first kappa shape index (κ1) is 30.3.